The van der Waals surface area contributed by atoms with Crippen LogP contribution in [0.3, 0.4) is 0 Å². The second-order valence-corrected chi connectivity index (χ2v) is 8.91. The van der Waals surface area contributed by atoms with Gasteiger partial charge in [-0.3, -0.25) is 0 Å². The summed E-state index contributed by atoms with van der Waals surface area (Å²) in [6.45, 7) is 0.887. The van der Waals surface area contributed by atoms with Gasteiger partial charge in [-0.25, -0.2) is 9.48 Å². The number of fused-ring (bicyclic) bond motifs is 3. The van der Waals surface area contributed by atoms with Crippen molar-refractivity contribution >= 4 is 23.1 Å². The van der Waals surface area contributed by atoms with Gasteiger partial charge < -0.3 is 19.3 Å². The molecule has 8 nitrogen and oxygen atoms in total. The molecule has 1 aromatic carbocycles. The average Bonchev–Trinajstić information content (AvgIpc) is 3.45. The van der Waals surface area contributed by atoms with Gasteiger partial charge in [0.1, 0.15) is 30.3 Å². The molecule has 0 radical (unpaired) electrons. The lowest BCUT2D eigenvalue weighted by atomic mass is 9.99. The molecule has 9 heteroatoms. The molecule has 1 unspecified atom stereocenters. The van der Waals surface area contributed by atoms with Gasteiger partial charge in [-0.2, -0.15) is 5.10 Å². The number of anilines is 1. The molecule has 3 aliphatic rings. The molecule has 0 spiro atoms. The molecule has 0 saturated carbocycles. The van der Waals surface area contributed by atoms with E-state index >= 15 is 0 Å². The van der Waals surface area contributed by atoms with E-state index in [1.807, 2.05) is 0 Å². The maximum Gasteiger partial charge on any atom is 0.361 e. The molecule has 2 heterocycles. The Morgan fingerprint density at radius 3 is 2.69 bits per heavy atom. The predicted octanol–water partition coefficient (Wildman–Crippen LogP) is 2.11. The van der Waals surface area contributed by atoms with Gasteiger partial charge in [-0.1, -0.05) is 6.07 Å². The highest BCUT2D eigenvalue weighted by Crippen LogP contribution is 2.38. The number of methoxy groups -OCH3 is 1. The van der Waals surface area contributed by atoms with Crippen LogP contribution in [0.2, 0.25) is 0 Å². The third-order valence-electron chi connectivity index (χ3n) is 5.97. The van der Waals surface area contributed by atoms with Crippen molar-refractivity contribution in [2.45, 2.75) is 56.1 Å². The highest BCUT2D eigenvalue weighted by Gasteiger charge is 2.32. The molecule has 0 saturated heterocycles. The highest BCUT2D eigenvalue weighted by molar-refractivity contribution is 7.90. The Morgan fingerprint density at radius 2 is 2.00 bits per heavy atom. The monoisotopic (exact) mass is 416 g/mol. The van der Waals surface area contributed by atoms with Gasteiger partial charge in [0.2, 0.25) is 0 Å². The van der Waals surface area contributed by atoms with Crippen LogP contribution in [0, 0.1) is 0 Å². The minimum atomic E-state index is -1.77. The predicted molar refractivity (Wildman–Crippen MR) is 108 cm³/mol. The number of hydrogen-bond donors (Lipinski definition) is 2. The lowest BCUT2D eigenvalue weighted by molar-refractivity contribution is 0.0165. The number of aromatic nitrogens is 2. The summed E-state index contributed by atoms with van der Waals surface area (Å²) in [4.78, 5) is 13.0. The third-order valence-corrected chi connectivity index (χ3v) is 7.02. The van der Waals surface area contributed by atoms with E-state index in [0.29, 0.717) is 23.9 Å². The van der Waals surface area contributed by atoms with Gasteiger partial charge in [0, 0.05) is 12.8 Å². The normalized spacial score (nSPS) is 20.4. The molecule has 2 atom stereocenters. The van der Waals surface area contributed by atoms with E-state index in [-0.39, 0.29) is 6.10 Å². The first kappa shape index (κ1) is 18.8. The van der Waals surface area contributed by atoms with Crippen LogP contribution < -0.4 is 14.8 Å². The molecule has 2 N–H and O–H groups in total. The number of hydrogen-bond acceptors (Lipinski definition) is 5. The maximum absolute atomic E-state index is 12.8. The molecule has 2 aliphatic carbocycles. The zero-order valence-electron chi connectivity index (χ0n) is 16.3. The van der Waals surface area contributed by atoms with E-state index in [4.69, 9.17) is 9.47 Å². The van der Waals surface area contributed by atoms with Crippen LogP contribution in [0.1, 0.15) is 35.1 Å². The van der Waals surface area contributed by atoms with Crippen LogP contribution >= 0.6 is 0 Å². The summed E-state index contributed by atoms with van der Waals surface area (Å²) < 4.78 is 27.9. The van der Waals surface area contributed by atoms with E-state index in [0.717, 1.165) is 44.2 Å². The van der Waals surface area contributed by atoms with Crippen LogP contribution in [-0.2, 0) is 48.3 Å². The van der Waals surface area contributed by atoms with Crippen LogP contribution in [0.15, 0.2) is 17.2 Å². The Kier molecular flexibility index (Phi) is 4.89. The number of rotatable bonds is 4. The molecule has 1 aromatic heterocycles. The first-order valence-electron chi connectivity index (χ1n) is 10.0. The lowest BCUT2D eigenvalue weighted by Gasteiger charge is -2.23. The van der Waals surface area contributed by atoms with Crippen LogP contribution in [-0.4, -0.2) is 40.2 Å². The van der Waals surface area contributed by atoms with Crippen molar-refractivity contribution in [3.63, 3.8) is 0 Å². The van der Waals surface area contributed by atoms with E-state index in [9.17, 15) is 9.35 Å². The molecule has 5 rings (SSSR count). The molecule has 29 heavy (non-hydrogen) atoms. The van der Waals surface area contributed by atoms with Crippen molar-refractivity contribution in [1.82, 2.24) is 14.5 Å². The van der Waals surface area contributed by atoms with Crippen LogP contribution in [0.4, 0.5) is 10.5 Å². The second kappa shape index (κ2) is 7.55. The Bertz CT molecular complexity index is 928. The standard InChI is InChI=1S/C20H24N4O4S/c1-27-14-10-24-19(28-11-14)17(9-21-24)29(26)23-20(25)22-18-15-6-2-4-12(15)8-13-5-3-7-16(13)18/h8-9,14H,2-7,10-11H2,1H3,(H2,22,23,25)/t14-,29?/m0/s1. The number of benzene rings is 1. The van der Waals surface area contributed by atoms with Crippen LogP contribution in [0.5, 0.6) is 5.88 Å². The fraction of sp³-hybridized carbons (Fsp3) is 0.500. The number of nitrogens with one attached hydrogen (secondary N) is 2. The van der Waals surface area contributed by atoms with Gasteiger partial charge in [-0.05, 0) is 60.8 Å². The number of carbonyl (C=O) groups is 1. The largest absolute Gasteiger partial charge is 0.588 e. The summed E-state index contributed by atoms with van der Waals surface area (Å²) in [5, 5.41) is 7.21. The summed E-state index contributed by atoms with van der Waals surface area (Å²) in [6, 6.07) is 1.85. The van der Waals surface area contributed by atoms with E-state index < -0.39 is 17.4 Å². The number of carbonyl (C=O) groups excluding carboxylic acids is 1. The van der Waals surface area contributed by atoms with Crippen molar-refractivity contribution in [3.8, 4) is 5.88 Å². The van der Waals surface area contributed by atoms with E-state index in [1.54, 1.807) is 11.8 Å². The summed E-state index contributed by atoms with van der Waals surface area (Å²) in [5.74, 6) is 0.415. The fourth-order valence-corrected chi connectivity index (χ4v) is 5.36. The number of nitrogens with zero attached hydrogens (tertiary/aromatic N) is 2. The molecule has 154 valence electrons. The Labute approximate surface area is 172 Å². The fourth-order valence-electron chi connectivity index (χ4n) is 4.57. The average molecular weight is 417 g/mol. The van der Waals surface area contributed by atoms with E-state index in [2.05, 4.69) is 21.2 Å². The van der Waals surface area contributed by atoms with Crippen molar-refractivity contribution in [1.29, 1.82) is 0 Å². The number of aryl methyl sites for hydroxylation is 2. The second-order valence-electron chi connectivity index (χ2n) is 7.72. The highest BCUT2D eigenvalue weighted by atomic mass is 32.2. The minimum Gasteiger partial charge on any atom is -0.588 e. The zero-order valence-corrected chi connectivity index (χ0v) is 17.1. The van der Waals surface area contributed by atoms with Crippen molar-refractivity contribution in [2.24, 2.45) is 0 Å². The summed E-state index contributed by atoms with van der Waals surface area (Å²) >= 11 is -1.77. The number of urea groups is 1. The van der Waals surface area contributed by atoms with Gasteiger partial charge in [0.25, 0.3) is 10.8 Å². The maximum atomic E-state index is 12.8. The Morgan fingerprint density at radius 1 is 1.28 bits per heavy atom. The lowest BCUT2D eigenvalue weighted by Crippen LogP contribution is -2.36. The zero-order chi connectivity index (χ0) is 20.0. The molecule has 1 aliphatic heterocycles. The van der Waals surface area contributed by atoms with Gasteiger partial charge in [-0.15, -0.1) is 4.72 Å². The summed E-state index contributed by atoms with van der Waals surface area (Å²) in [5.41, 5.74) is 6.09. The molecule has 2 aromatic rings. The summed E-state index contributed by atoms with van der Waals surface area (Å²) in [6.07, 6.45) is 7.69. The third kappa shape index (κ3) is 3.37. The number of amides is 2. The smallest absolute Gasteiger partial charge is 0.361 e. The molecular formula is C20H24N4O4S. The summed E-state index contributed by atoms with van der Waals surface area (Å²) in [7, 11) is 1.62. The minimum absolute atomic E-state index is 0.0952. The quantitative estimate of drug-likeness (QED) is 0.744. The Balaban J connectivity index is 1.32. The van der Waals surface area contributed by atoms with Gasteiger partial charge >= 0.3 is 6.03 Å². The first-order valence-corrected chi connectivity index (χ1v) is 11.2. The van der Waals surface area contributed by atoms with Crippen LogP contribution in [0.25, 0.3) is 0 Å². The number of ether oxygens (including phenoxy) is 2. The topological polar surface area (TPSA) is 100 Å². The van der Waals surface area contributed by atoms with E-state index in [1.165, 1.54) is 28.5 Å². The van der Waals surface area contributed by atoms with Crippen molar-refractivity contribution < 1.29 is 18.8 Å². The molecule has 0 bridgehead atoms. The van der Waals surface area contributed by atoms with Gasteiger partial charge in [0.05, 0.1) is 6.54 Å². The Hall–Kier alpha value is -2.23. The molecule has 0 fully saturated rings. The molecule has 2 amide bonds. The first-order chi connectivity index (χ1) is 14.1. The molecular weight excluding hydrogens is 392 g/mol. The van der Waals surface area contributed by atoms with Crippen molar-refractivity contribution in [2.75, 3.05) is 19.0 Å². The van der Waals surface area contributed by atoms with Crippen molar-refractivity contribution in [3.05, 3.63) is 34.5 Å². The SMILES string of the molecule is CO[C@@H]1COc2c([S+]([O-])NC(=O)Nc3c4c(cc5c3CCC5)CCC4)cnn2C1. The van der Waals surface area contributed by atoms with Gasteiger partial charge in [0.15, 0.2) is 0 Å².